The van der Waals surface area contributed by atoms with Crippen LogP contribution < -0.4 is 9.64 Å². The predicted molar refractivity (Wildman–Crippen MR) is 287 cm³/mol. The average Bonchev–Trinajstić information content (AvgIpc) is 3.84. The van der Waals surface area contributed by atoms with Crippen molar-refractivity contribution in [3.63, 3.8) is 0 Å². The molecule has 326 valence electrons. The highest BCUT2D eigenvalue weighted by atomic mass is 16.5. The summed E-state index contributed by atoms with van der Waals surface area (Å²) in [6.07, 6.45) is 0. The van der Waals surface area contributed by atoms with Crippen LogP contribution in [0.5, 0.6) is 11.5 Å². The van der Waals surface area contributed by atoms with E-state index in [9.17, 15) is 0 Å². The highest BCUT2D eigenvalue weighted by Crippen LogP contribution is 2.63. The van der Waals surface area contributed by atoms with Gasteiger partial charge in [0.2, 0.25) is 0 Å². The molecule has 1 unspecified atom stereocenters. The molecule has 2 aliphatic carbocycles. The molecule has 70 heavy (non-hydrogen) atoms. The van der Waals surface area contributed by atoms with Gasteiger partial charge in [-0.2, -0.15) is 0 Å². The van der Waals surface area contributed by atoms with E-state index in [0.29, 0.717) is 0 Å². The molecule has 0 N–H and O–H groups in total. The fourth-order valence-electron chi connectivity index (χ4n) is 12.2. The molecule has 1 aliphatic heterocycles. The third-order valence-electron chi connectivity index (χ3n) is 15.1. The zero-order valence-electron chi connectivity index (χ0n) is 37.9. The summed E-state index contributed by atoms with van der Waals surface area (Å²) in [5.74, 6) is 1.63. The number of rotatable bonds is 4. The largest absolute Gasteiger partial charge is 0.456 e. The number of ether oxygens (including phenoxy) is 1. The van der Waals surface area contributed by atoms with Crippen molar-refractivity contribution in [1.29, 1.82) is 0 Å². The average molecular weight is 892 g/mol. The molecule has 0 saturated heterocycles. The maximum absolute atomic E-state index is 7.22. The molecule has 0 fully saturated rings. The topological polar surface area (TPSA) is 25.6 Å². The summed E-state index contributed by atoms with van der Waals surface area (Å²) in [5, 5.41) is 2.26. The summed E-state index contributed by atoms with van der Waals surface area (Å²) >= 11 is 0. The Morgan fingerprint density at radius 1 is 0.300 bits per heavy atom. The monoisotopic (exact) mass is 891 g/mol. The van der Waals surface area contributed by atoms with Gasteiger partial charge in [0, 0.05) is 33.3 Å². The molecule has 3 heteroatoms. The molecule has 15 rings (SSSR count). The van der Waals surface area contributed by atoms with E-state index in [1.165, 1.54) is 61.2 Å². The summed E-state index contributed by atoms with van der Waals surface area (Å²) in [6, 6.07) is 90.6. The first-order valence-corrected chi connectivity index (χ1v) is 24.1. The van der Waals surface area contributed by atoms with E-state index in [2.05, 4.69) is 254 Å². The number of hydrogen-bond acceptors (Lipinski definition) is 3. The second-order valence-corrected chi connectivity index (χ2v) is 18.7. The minimum atomic E-state index is -0.689. The molecule has 2 heterocycles. The highest BCUT2D eigenvalue weighted by Gasteiger charge is 2.50. The van der Waals surface area contributed by atoms with Crippen LogP contribution in [0.2, 0.25) is 0 Å². The van der Waals surface area contributed by atoms with Gasteiger partial charge in [0.25, 0.3) is 0 Å². The van der Waals surface area contributed by atoms with Gasteiger partial charge in [-0.1, -0.05) is 194 Å². The van der Waals surface area contributed by atoms with Crippen LogP contribution in [-0.2, 0) is 5.41 Å². The van der Waals surface area contributed by atoms with E-state index < -0.39 is 5.41 Å². The molecule has 1 atom stereocenters. The molecular formula is C67H41NO2. The second-order valence-electron chi connectivity index (χ2n) is 18.7. The zero-order chi connectivity index (χ0) is 45.9. The third kappa shape index (κ3) is 5.46. The van der Waals surface area contributed by atoms with Crippen LogP contribution in [0.1, 0.15) is 22.3 Å². The Morgan fingerprint density at radius 3 is 1.59 bits per heavy atom. The molecule has 0 bridgehead atoms. The minimum absolute atomic E-state index is 0.689. The lowest BCUT2D eigenvalue weighted by molar-refractivity contribution is 0.489. The van der Waals surface area contributed by atoms with Gasteiger partial charge >= 0.3 is 0 Å². The van der Waals surface area contributed by atoms with Crippen molar-refractivity contribution in [1.82, 2.24) is 0 Å². The maximum Gasteiger partial charge on any atom is 0.159 e. The van der Waals surface area contributed by atoms with Gasteiger partial charge in [0.05, 0.1) is 11.1 Å². The molecule has 12 aromatic rings. The van der Waals surface area contributed by atoms with Crippen molar-refractivity contribution >= 4 is 39.0 Å². The standard InChI is InChI=1S/C67H41NO2/c1-2-17-42(18-3-1)43-33-35-44(36-34-43)68(62-30-16-27-54-48-21-6-5-20-47(48)52-25-10-15-32-64(52)70-66(54)62)45-37-38-60-55(39-45)49-22-7-4-19-46(49)50-23-8-12-28-58(50)67(60)59-29-13-9-24-51(59)56-40-57-53-26-11-14-31-63(53)69-65(57)41-61(56)67/h1-41H. The molecular weight excluding hydrogens is 851 g/mol. The lowest BCUT2D eigenvalue weighted by Gasteiger charge is -2.36. The fourth-order valence-corrected chi connectivity index (χ4v) is 12.2. The Hall–Kier alpha value is -9.18. The Morgan fingerprint density at radius 2 is 0.829 bits per heavy atom. The number of nitrogens with zero attached hydrogens (tertiary/aromatic N) is 1. The Balaban J connectivity index is 1.03. The number of para-hydroxylation sites is 3. The van der Waals surface area contributed by atoms with Crippen molar-refractivity contribution in [3.05, 3.63) is 271 Å². The zero-order valence-corrected chi connectivity index (χ0v) is 37.9. The summed E-state index contributed by atoms with van der Waals surface area (Å²) in [5.41, 5.74) is 23.0. The molecule has 1 aromatic heterocycles. The van der Waals surface area contributed by atoms with Crippen LogP contribution in [0.15, 0.2) is 253 Å². The maximum atomic E-state index is 7.22. The van der Waals surface area contributed by atoms with Crippen molar-refractivity contribution in [3.8, 4) is 78.3 Å². The summed E-state index contributed by atoms with van der Waals surface area (Å²) in [6.45, 7) is 0. The molecule has 0 saturated carbocycles. The molecule has 0 radical (unpaired) electrons. The van der Waals surface area contributed by atoms with E-state index >= 15 is 0 Å². The van der Waals surface area contributed by atoms with Crippen LogP contribution in [0.4, 0.5) is 17.1 Å². The van der Waals surface area contributed by atoms with Crippen molar-refractivity contribution in [2.24, 2.45) is 0 Å². The number of benzene rings is 11. The third-order valence-corrected chi connectivity index (χ3v) is 15.1. The quantitative estimate of drug-likeness (QED) is 0.176. The lowest BCUT2D eigenvalue weighted by atomic mass is 9.66. The van der Waals surface area contributed by atoms with E-state index in [1.807, 2.05) is 0 Å². The molecule has 11 aromatic carbocycles. The van der Waals surface area contributed by atoms with Gasteiger partial charge in [-0.15, -0.1) is 0 Å². The van der Waals surface area contributed by atoms with Gasteiger partial charge < -0.3 is 14.1 Å². The van der Waals surface area contributed by atoms with Crippen molar-refractivity contribution < 1.29 is 9.15 Å². The lowest BCUT2D eigenvalue weighted by Crippen LogP contribution is -2.29. The van der Waals surface area contributed by atoms with Crippen molar-refractivity contribution in [2.45, 2.75) is 5.41 Å². The first-order chi connectivity index (χ1) is 34.7. The Kier molecular flexibility index (Phi) is 8.28. The highest BCUT2D eigenvalue weighted by molar-refractivity contribution is 6.09. The predicted octanol–water partition coefficient (Wildman–Crippen LogP) is 18.2. The Labute approximate surface area is 405 Å². The normalized spacial score (nSPS) is 14.5. The number of hydrogen-bond donors (Lipinski definition) is 0. The summed E-state index contributed by atoms with van der Waals surface area (Å²) in [4.78, 5) is 2.40. The molecule has 1 spiro atoms. The number of fused-ring (bicyclic) bond motifs is 20. The van der Waals surface area contributed by atoms with E-state index in [-0.39, 0.29) is 0 Å². The van der Waals surface area contributed by atoms with E-state index in [4.69, 9.17) is 9.15 Å². The molecule has 3 nitrogen and oxygen atoms in total. The first kappa shape index (κ1) is 38.9. The first-order valence-electron chi connectivity index (χ1n) is 24.1. The van der Waals surface area contributed by atoms with Gasteiger partial charge in [-0.05, 0) is 132 Å². The van der Waals surface area contributed by atoms with Crippen molar-refractivity contribution in [2.75, 3.05) is 4.90 Å². The van der Waals surface area contributed by atoms with Gasteiger partial charge in [-0.3, -0.25) is 0 Å². The Bertz CT molecular complexity index is 4110. The smallest absolute Gasteiger partial charge is 0.159 e. The SMILES string of the molecule is c1ccc(-c2ccc(N(c3ccc4c(c3)-c3ccccc3-c3ccccc3C43c4ccccc4-c4cc5c(cc43)oc3ccccc35)c3cccc4c3Oc3ccccc3-c3ccccc3-4)cc2)cc1. The van der Waals surface area contributed by atoms with Crippen LogP contribution in [0.3, 0.4) is 0 Å². The second kappa shape index (κ2) is 14.9. The van der Waals surface area contributed by atoms with Gasteiger partial charge in [0.1, 0.15) is 16.9 Å². The minimum Gasteiger partial charge on any atom is -0.456 e. The summed E-state index contributed by atoms with van der Waals surface area (Å²) < 4.78 is 14.0. The van der Waals surface area contributed by atoms with Crippen LogP contribution in [0.25, 0.3) is 88.7 Å². The van der Waals surface area contributed by atoms with Crippen LogP contribution >= 0.6 is 0 Å². The van der Waals surface area contributed by atoms with Crippen LogP contribution in [-0.4, -0.2) is 0 Å². The molecule has 3 aliphatic rings. The number of anilines is 3. The fraction of sp³-hybridized carbons (Fsp3) is 0.0149. The van der Waals surface area contributed by atoms with E-state index in [0.717, 1.165) is 78.3 Å². The van der Waals surface area contributed by atoms with Gasteiger partial charge in [-0.25, -0.2) is 0 Å². The number of furan rings is 1. The van der Waals surface area contributed by atoms with E-state index in [1.54, 1.807) is 0 Å². The molecule has 0 amide bonds. The van der Waals surface area contributed by atoms with Gasteiger partial charge in [0.15, 0.2) is 5.75 Å². The van der Waals surface area contributed by atoms with Crippen LogP contribution in [0, 0.1) is 0 Å². The summed E-state index contributed by atoms with van der Waals surface area (Å²) in [7, 11) is 0.